The van der Waals surface area contributed by atoms with Crippen molar-refractivity contribution in [3.63, 3.8) is 0 Å². The first-order chi connectivity index (χ1) is 11.5. The maximum atomic E-state index is 12.6. The number of piperidine rings is 2. The van der Waals surface area contributed by atoms with Gasteiger partial charge in [0.1, 0.15) is 0 Å². The van der Waals surface area contributed by atoms with E-state index in [1.54, 1.807) is 0 Å². The highest BCUT2D eigenvalue weighted by atomic mass is 35.5. The molecule has 0 unspecified atom stereocenters. The highest BCUT2D eigenvalue weighted by Crippen LogP contribution is 2.41. The molecule has 3 rings (SSSR count). The van der Waals surface area contributed by atoms with E-state index in [2.05, 4.69) is 11.9 Å². The Morgan fingerprint density at radius 3 is 2.96 bits per heavy atom. The topological polar surface area (TPSA) is 43.8 Å². The number of rotatable bonds is 4. The van der Waals surface area contributed by atoms with Gasteiger partial charge in [-0.1, -0.05) is 23.7 Å². The molecule has 0 aromatic heterocycles. The fourth-order valence-electron chi connectivity index (χ4n) is 4.34. The number of aliphatic hydroxyl groups is 1. The van der Waals surface area contributed by atoms with Crippen LogP contribution < -0.4 is 0 Å². The lowest BCUT2D eigenvalue weighted by molar-refractivity contribution is -0.139. The lowest BCUT2D eigenvalue weighted by Crippen LogP contribution is -2.62. The molecule has 2 heterocycles. The minimum atomic E-state index is -0.0171. The summed E-state index contributed by atoms with van der Waals surface area (Å²) in [6.07, 6.45) is 4.35. The maximum Gasteiger partial charge on any atom is 0.222 e. The van der Waals surface area contributed by atoms with Crippen LogP contribution in [0.25, 0.3) is 0 Å². The average Bonchev–Trinajstić information content (AvgIpc) is 2.60. The zero-order valence-corrected chi connectivity index (χ0v) is 15.1. The summed E-state index contributed by atoms with van der Waals surface area (Å²) in [5.74, 6) is 0.209. The summed E-state index contributed by atoms with van der Waals surface area (Å²) in [7, 11) is 2.12. The van der Waals surface area contributed by atoms with E-state index in [9.17, 15) is 9.90 Å². The van der Waals surface area contributed by atoms with Gasteiger partial charge in [-0.25, -0.2) is 0 Å². The van der Waals surface area contributed by atoms with E-state index in [0.717, 1.165) is 55.9 Å². The van der Waals surface area contributed by atoms with Crippen molar-refractivity contribution in [1.82, 2.24) is 9.80 Å². The van der Waals surface area contributed by atoms with Gasteiger partial charge in [0, 0.05) is 36.0 Å². The van der Waals surface area contributed by atoms with Crippen molar-refractivity contribution in [2.45, 2.75) is 38.1 Å². The van der Waals surface area contributed by atoms with E-state index >= 15 is 0 Å². The number of hydrogen-bond acceptors (Lipinski definition) is 3. The molecule has 1 amide bonds. The van der Waals surface area contributed by atoms with E-state index in [1.807, 2.05) is 29.2 Å². The lowest BCUT2D eigenvalue weighted by Gasteiger charge is -2.53. The smallest absolute Gasteiger partial charge is 0.222 e. The number of fused-ring (bicyclic) bond motifs is 1. The van der Waals surface area contributed by atoms with E-state index in [4.69, 9.17) is 11.6 Å². The minimum Gasteiger partial charge on any atom is -0.396 e. The van der Waals surface area contributed by atoms with Crippen LogP contribution in [0.3, 0.4) is 0 Å². The standard InChI is InChI=1S/C19H27ClN2O2/c1-21-10-3-8-19(14-23)9-11-22(13-17(19)21)18(24)7-6-15-4-2-5-16(20)12-15/h2,4-5,12,17,23H,3,6-11,13-14H2,1H3/t17-,19-/m1/s1. The van der Waals surface area contributed by atoms with Gasteiger partial charge < -0.3 is 14.9 Å². The summed E-state index contributed by atoms with van der Waals surface area (Å²) < 4.78 is 0. The van der Waals surface area contributed by atoms with E-state index in [-0.39, 0.29) is 24.0 Å². The third kappa shape index (κ3) is 3.61. The maximum absolute atomic E-state index is 12.6. The molecule has 4 nitrogen and oxygen atoms in total. The van der Waals surface area contributed by atoms with Gasteiger partial charge in [0.2, 0.25) is 5.91 Å². The number of carbonyl (C=O) groups excluding carboxylic acids is 1. The number of nitrogens with zero attached hydrogens (tertiary/aromatic N) is 2. The van der Waals surface area contributed by atoms with Crippen molar-refractivity contribution in [1.29, 1.82) is 0 Å². The van der Waals surface area contributed by atoms with Crippen LogP contribution in [0.4, 0.5) is 0 Å². The molecule has 132 valence electrons. The summed E-state index contributed by atoms with van der Waals surface area (Å²) in [6.45, 7) is 2.79. The van der Waals surface area contributed by atoms with Gasteiger partial charge in [-0.05, 0) is 57.0 Å². The molecule has 2 saturated heterocycles. The van der Waals surface area contributed by atoms with Gasteiger partial charge >= 0.3 is 0 Å². The number of amides is 1. The first-order valence-corrected chi connectivity index (χ1v) is 9.25. The fourth-order valence-corrected chi connectivity index (χ4v) is 4.56. The Hall–Kier alpha value is -1.10. The number of carbonyl (C=O) groups is 1. The molecule has 0 saturated carbocycles. The average molecular weight is 351 g/mol. The SMILES string of the molecule is CN1CCC[C@]2(CO)CCN(C(=O)CCc3cccc(Cl)c3)C[C@@H]12. The Labute approximate surface area is 149 Å². The largest absolute Gasteiger partial charge is 0.396 e. The van der Waals surface area contributed by atoms with Crippen LogP contribution in [0.1, 0.15) is 31.2 Å². The van der Waals surface area contributed by atoms with Crippen molar-refractivity contribution in [3.05, 3.63) is 34.9 Å². The molecule has 2 atom stereocenters. The van der Waals surface area contributed by atoms with Crippen molar-refractivity contribution in [3.8, 4) is 0 Å². The van der Waals surface area contributed by atoms with Crippen LogP contribution in [-0.4, -0.2) is 60.1 Å². The van der Waals surface area contributed by atoms with Crippen LogP contribution in [0.5, 0.6) is 0 Å². The Kier molecular flexibility index (Phi) is 5.48. The number of aryl methyl sites for hydroxylation is 1. The lowest BCUT2D eigenvalue weighted by atomic mass is 9.69. The molecule has 2 fully saturated rings. The number of benzene rings is 1. The normalized spacial score (nSPS) is 27.8. The van der Waals surface area contributed by atoms with E-state index in [0.29, 0.717) is 6.42 Å². The predicted octanol–water partition coefficient (Wildman–Crippen LogP) is 2.58. The second-order valence-corrected chi connectivity index (χ2v) is 7.78. The zero-order chi connectivity index (χ0) is 17.2. The van der Waals surface area contributed by atoms with Crippen LogP contribution in [-0.2, 0) is 11.2 Å². The van der Waals surface area contributed by atoms with Gasteiger partial charge in [-0.15, -0.1) is 0 Å². The molecule has 2 aliphatic rings. The summed E-state index contributed by atoms with van der Waals surface area (Å²) in [6, 6.07) is 8.00. The molecule has 1 aromatic rings. The third-order valence-electron chi connectivity index (χ3n) is 5.88. The summed E-state index contributed by atoms with van der Waals surface area (Å²) in [5, 5.41) is 10.7. The Balaban J connectivity index is 1.60. The molecule has 1 aromatic carbocycles. The number of likely N-dealkylation sites (tertiary alicyclic amines) is 2. The molecule has 5 heteroatoms. The first kappa shape index (κ1) is 17.7. The van der Waals surface area contributed by atoms with Crippen LogP contribution in [0.15, 0.2) is 24.3 Å². The monoisotopic (exact) mass is 350 g/mol. The molecule has 1 N–H and O–H groups in total. The number of aliphatic hydroxyl groups excluding tert-OH is 1. The van der Waals surface area contributed by atoms with Gasteiger partial charge in [0.05, 0.1) is 6.61 Å². The molecule has 0 aliphatic carbocycles. The van der Waals surface area contributed by atoms with Crippen molar-refractivity contribution < 1.29 is 9.90 Å². The molecule has 0 spiro atoms. The minimum absolute atomic E-state index is 0.0171. The second kappa shape index (κ2) is 7.42. The number of likely N-dealkylation sites (N-methyl/N-ethyl adjacent to an activating group) is 1. The van der Waals surface area contributed by atoms with E-state index < -0.39 is 0 Å². The van der Waals surface area contributed by atoms with Crippen molar-refractivity contribution in [2.24, 2.45) is 5.41 Å². The molecule has 0 radical (unpaired) electrons. The summed E-state index contributed by atoms with van der Waals surface area (Å²) in [5.41, 5.74) is 1.09. The molecule has 2 aliphatic heterocycles. The van der Waals surface area contributed by atoms with Crippen LogP contribution in [0.2, 0.25) is 5.02 Å². The number of halogens is 1. The second-order valence-electron chi connectivity index (χ2n) is 7.34. The Morgan fingerprint density at radius 2 is 2.21 bits per heavy atom. The van der Waals surface area contributed by atoms with E-state index in [1.165, 1.54) is 0 Å². The Bertz CT molecular complexity index is 594. The first-order valence-electron chi connectivity index (χ1n) is 8.87. The van der Waals surface area contributed by atoms with Crippen molar-refractivity contribution in [2.75, 3.05) is 33.3 Å². The van der Waals surface area contributed by atoms with Gasteiger partial charge in [-0.3, -0.25) is 4.79 Å². The Morgan fingerprint density at radius 1 is 1.38 bits per heavy atom. The quantitative estimate of drug-likeness (QED) is 0.907. The van der Waals surface area contributed by atoms with Gasteiger partial charge in [0.15, 0.2) is 0 Å². The van der Waals surface area contributed by atoms with Gasteiger partial charge in [-0.2, -0.15) is 0 Å². The fraction of sp³-hybridized carbons (Fsp3) is 0.632. The molecule has 24 heavy (non-hydrogen) atoms. The molecular weight excluding hydrogens is 324 g/mol. The highest BCUT2D eigenvalue weighted by molar-refractivity contribution is 6.30. The summed E-state index contributed by atoms with van der Waals surface area (Å²) >= 11 is 6.01. The number of hydrogen-bond donors (Lipinski definition) is 1. The zero-order valence-electron chi connectivity index (χ0n) is 14.4. The van der Waals surface area contributed by atoms with Crippen molar-refractivity contribution >= 4 is 17.5 Å². The van der Waals surface area contributed by atoms with Crippen LogP contribution in [0, 0.1) is 5.41 Å². The summed E-state index contributed by atoms with van der Waals surface area (Å²) in [4.78, 5) is 17.0. The third-order valence-corrected chi connectivity index (χ3v) is 6.12. The predicted molar refractivity (Wildman–Crippen MR) is 96.1 cm³/mol. The highest BCUT2D eigenvalue weighted by Gasteiger charge is 2.47. The van der Waals surface area contributed by atoms with Gasteiger partial charge in [0.25, 0.3) is 0 Å². The molecule has 0 bridgehead atoms. The molecular formula is C19H27ClN2O2. The van der Waals surface area contributed by atoms with Crippen LogP contribution >= 0.6 is 11.6 Å².